The smallest absolute Gasteiger partial charge is 0.00439 e. The molecule has 0 radical (unpaired) electrons. The Morgan fingerprint density at radius 1 is 1.00 bits per heavy atom. The molecule has 1 nitrogen and oxygen atoms in total. The van der Waals surface area contributed by atoms with Crippen LogP contribution in [0.3, 0.4) is 0 Å². The van der Waals surface area contributed by atoms with Crippen molar-refractivity contribution in [1.29, 1.82) is 0 Å². The van der Waals surface area contributed by atoms with E-state index in [0.717, 1.165) is 11.8 Å². The summed E-state index contributed by atoms with van der Waals surface area (Å²) in [5.74, 6) is 1.73. The van der Waals surface area contributed by atoms with E-state index < -0.39 is 0 Å². The monoisotopic (exact) mass is 127 g/mol. The molecule has 3 atom stereocenters. The van der Waals surface area contributed by atoms with Crippen LogP contribution in [-0.2, 0) is 0 Å². The van der Waals surface area contributed by atoms with Gasteiger partial charge in [0.2, 0.25) is 0 Å². The zero-order chi connectivity index (χ0) is 6.85. The van der Waals surface area contributed by atoms with E-state index in [1.54, 1.807) is 0 Å². The van der Waals surface area contributed by atoms with Gasteiger partial charge < -0.3 is 5.73 Å². The van der Waals surface area contributed by atoms with Crippen LogP contribution < -0.4 is 5.73 Å². The van der Waals surface area contributed by atoms with Gasteiger partial charge in [0, 0.05) is 6.04 Å². The number of rotatable bonds is 0. The van der Waals surface area contributed by atoms with Crippen LogP contribution in [0.2, 0.25) is 0 Å². The molecule has 0 bridgehead atoms. The molecule has 1 unspecified atom stereocenters. The Balaban J connectivity index is 2.34. The fraction of sp³-hybridized carbons (Fsp3) is 1.00. The van der Waals surface area contributed by atoms with Crippen molar-refractivity contribution in [3.05, 3.63) is 0 Å². The van der Waals surface area contributed by atoms with Gasteiger partial charge in [-0.1, -0.05) is 13.8 Å². The molecule has 0 aromatic rings. The zero-order valence-electron chi connectivity index (χ0n) is 6.43. The maximum Gasteiger partial charge on any atom is 0.00439 e. The minimum atomic E-state index is 0.490. The molecule has 2 N–H and O–H groups in total. The molecule has 1 saturated carbocycles. The third-order valence-corrected chi connectivity index (χ3v) is 2.21. The lowest BCUT2D eigenvalue weighted by Crippen LogP contribution is -2.30. The highest BCUT2D eigenvalue weighted by Gasteiger charge is 2.20. The summed E-state index contributed by atoms with van der Waals surface area (Å²) in [6, 6.07) is 0.490. The second-order valence-corrected chi connectivity index (χ2v) is 3.68. The third kappa shape index (κ3) is 1.98. The molecule has 0 spiro atoms. The summed E-state index contributed by atoms with van der Waals surface area (Å²) in [7, 11) is 0. The van der Waals surface area contributed by atoms with Crippen LogP contribution in [0.15, 0.2) is 0 Å². The van der Waals surface area contributed by atoms with Crippen LogP contribution in [0.4, 0.5) is 0 Å². The Morgan fingerprint density at radius 3 is 1.78 bits per heavy atom. The average Bonchev–Trinajstić information content (AvgIpc) is 1.59. The van der Waals surface area contributed by atoms with E-state index in [1.165, 1.54) is 19.3 Å². The molecule has 9 heavy (non-hydrogen) atoms. The minimum absolute atomic E-state index is 0.490. The summed E-state index contributed by atoms with van der Waals surface area (Å²) in [6.07, 6.45) is 3.86. The van der Waals surface area contributed by atoms with Gasteiger partial charge in [-0.05, 0) is 31.1 Å². The van der Waals surface area contributed by atoms with Crippen molar-refractivity contribution < 1.29 is 0 Å². The van der Waals surface area contributed by atoms with E-state index in [2.05, 4.69) is 13.8 Å². The summed E-state index contributed by atoms with van der Waals surface area (Å²) >= 11 is 0. The van der Waals surface area contributed by atoms with E-state index >= 15 is 0 Å². The fourth-order valence-corrected chi connectivity index (χ4v) is 2.01. The SMILES string of the molecule is C[C@@H]1CC(N)C[C@H](C)C1. The van der Waals surface area contributed by atoms with Gasteiger partial charge in [0.15, 0.2) is 0 Å². The molecule has 0 saturated heterocycles. The Hall–Kier alpha value is -0.0400. The number of nitrogens with two attached hydrogens (primary N) is 1. The van der Waals surface area contributed by atoms with Crippen molar-refractivity contribution in [3.8, 4) is 0 Å². The third-order valence-electron chi connectivity index (χ3n) is 2.21. The van der Waals surface area contributed by atoms with Gasteiger partial charge in [-0.15, -0.1) is 0 Å². The molecular formula is C8H17N. The summed E-state index contributed by atoms with van der Waals surface area (Å²) < 4.78 is 0. The fourth-order valence-electron chi connectivity index (χ4n) is 2.01. The largest absolute Gasteiger partial charge is 0.328 e. The van der Waals surface area contributed by atoms with Crippen molar-refractivity contribution in [3.63, 3.8) is 0 Å². The standard InChI is InChI=1S/C8H17N/c1-6-3-7(2)5-8(9)4-6/h6-8H,3-5,9H2,1-2H3/t6-,7+,8?. The van der Waals surface area contributed by atoms with Crippen LogP contribution in [0.25, 0.3) is 0 Å². The Bertz CT molecular complexity index is 65.5. The van der Waals surface area contributed by atoms with E-state index in [9.17, 15) is 0 Å². The van der Waals surface area contributed by atoms with Crippen LogP contribution in [-0.4, -0.2) is 6.04 Å². The van der Waals surface area contributed by atoms with Gasteiger partial charge in [0.05, 0.1) is 0 Å². The van der Waals surface area contributed by atoms with Crippen molar-refractivity contribution in [2.75, 3.05) is 0 Å². The molecule has 0 aliphatic heterocycles. The van der Waals surface area contributed by atoms with Crippen molar-refractivity contribution in [2.45, 2.75) is 39.2 Å². The lowest BCUT2D eigenvalue weighted by molar-refractivity contribution is 0.269. The molecule has 0 amide bonds. The van der Waals surface area contributed by atoms with Gasteiger partial charge >= 0.3 is 0 Å². The summed E-state index contributed by atoms with van der Waals surface area (Å²) in [5.41, 5.74) is 5.82. The molecule has 0 aromatic heterocycles. The van der Waals surface area contributed by atoms with Crippen molar-refractivity contribution in [1.82, 2.24) is 0 Å². The number of hydrogen-bond acceptors (Lipinski definition) is 1. The van der Waals surface area contributed by atoms with E-state index in [0.29, 0.717) is 6.04 Å². The van der Waals surface area contributed by atoms with Crippen LogP contribution in [0.5, 0.6) is 0 Å². The quantitative estimate of drug-likeness (QED) is 0.527. The van der Waals surface area contributed by atoms with Crippen molar-refractivity contribution in [2.24, 2.45) is 17.6 Å². The first-order valence-corrected chi connectivity index (χ1v) is 3.94. The lowest BCUT2D eigenvalue weighted by Gasteiger charge is -2.28. The first-order chi connectivity index (χ1) is 4.18. The molecule has 1 heteroatoms. The molecule has 54 valence electrons. The predicted octanol–water partition coefficient (Wildman–Crippen LogP) is 1.77. The first kappa shape index (κ1) is 7.07. The Labute approximate surface area is 57.6 Å². The normalized spacial score (nSPS) is 45.0. The van der Waals surface area contributed by atoms with E-state index in [-0.39, 0.29) is 0 Å². The summed E-state index contributed by atoms with van der Waals surface area (Å²) in [4.78, 5) is 0. The zero-order valence-corrected chi connectivity index (χ0v) is 6.43. The maximum atomic E-state index is 5.82. The molecule has 0 aromatic carbocycles. The lowest BCUT2D eigenvalue weighted by atomic mass is 9.81. The number of hydrogen-bond donors (Lipinski definition) is 1. The molecular weight excluding hydrogens is 110 g/mol. The molecule has 1 fully saturated rings. The second-order valence-electron chi connectivity index (χ2n) is 3.68. The van der Waals surface area contributed by atoms with Crippen LogP contribution in [0.1, 0.15) is 33.1 Å². The highest BCUT2D eigenvalue weighted by molar-refractivity contribution is 4.76. The molecule has 1 aliphatic carbocycles. The van der Waals surface area contributed by atoms with Gasteiger partial charge in [-0.2, -0.15) is 0 Å². The molecule has 0 heterocycles. The predicted molar refractivity (Wildman–Crippen MR) is 40.2 cm³/mol. The highest BCUT2D eigenvalue weighted by Crippen LogP contribution is 2.26. The van der Waals surface area contributed by atoms with Crippen LogP contribution in [0, 0.1) is 11.8 Å². The van der Waals surface area contributed by atoms with E-state index in [4.69, 9.17) is 5.73 Å². The van der Waals surface area contributed by atoms with Crippen LogP contribution >= 0.6 is 0 Å². The van der Waals surface area contributed by atoms with Crippen molar-refractivity contribution >= 4 is 0 Å². The highest BCUT2D eigenvalue weighted by atomic mass is 14.6. The van der Waals surface area contributed by atoms with Gasteiger partial charge in [0.1, 0.15) is 0 Å². The maximum absolute atomic E-state index is 5.82. The van der Waals surface area contributed by atoms with Gasteiger partial charge in [-0.3, -0.25) is 0 Å². The molecule has 1 rings (SSSR count). The van der Waals surface area contributed by atoms with Gasteiger partial charge in [0.25, 0.3) is 0 Å². The van der Waals surface area contributed by atoms with Gasteiger partial charge in [-0.25, -0.2) is 0 Å². The topological polar surface area (TPSA) is 26.0 Å². The molecule has 1 aliphatic rings. The Morgan fingerprint density at radius 2 is 1.44 bits per heavy atom. The summed E-state index contributed by atoms with van der Waals surface area (Å²) in [5, 5.41) is 0. The second kappa shape index (κ2) is 2.70. The average molecular weight is 127 g/mol. The summed E-state index contributed by atoms with van der Waals surface area (Å²) in [6.45, 7) is 4.60. The van der Waals surface area contributed by atoms with E-state index in [1.807, 2.05) is 0 Å². The minimum Gasteiger partial charge on any atom is -0.328 e. The first-order valence-electron chi connectivity index (χ1n) is 3.94. The Kier molecular flexibility index (Phi) is 2.12.